The maximum atomic E-state index is 12.2. The SMILES string of the molecule is CC[C@@H]1CCCCN1C(=O)COc1ccc(C(N)=O)cc1. The maximum Gasteiger partial charge on any atom is 0.260 e. The lowest BCUT2D eigenvalue weighted by atomic mass is 10.00. The van der Waals surface area contributed by atoms with E-state index in [1.54, 1.807) is 24.3 Å². The van der Waals surface area contributed by atoms with E-state index in [0.717, 1.165) is 25.8 Å². The second-order valence-corrected chi connectivity index (χ2v) is 5.32. The molecule has 1 aromatic carbocycles. The van der Waals surface area contributed by atoms with Gasteiger partial charge in [0.05, 0.1) is 0 Å². The van der Waals surface area contributed by atoms with Crippen molar-refractivity contribution in [3.63, 3.8) is 0 Å². The van der Waals surface area contributed by atoms with Gasteiger partial charge < -0.3 is 15.4 Å². The third-order valence-electron chi connectivity index (χ3n) is 3.92. The lowest BCUT2D eigenvalue weighted by Crippen LogP contribution is -2.45. The van der Waals surface area contributed by atoms with Crippen LogP contribution >= 0.6 is 0 Å². The second-order valence-electron chi connectivity index (χ2n) is 5.32. The third kappa shape index (κ3) is 3.97. The smallest absolute Gasteiger partial charge is 0.260 e. The van der Waals surface area contributed by atoms with Crippen molar-refractivity contribution in [2.75, 3.05) is 13.2 Å². The number of amides is 2. The summed E-state index contributed by atoms with van der Waals surface area (Å²) in [5, 5.41) is 0. The molecule has 21 heavy (non-hydrogen) atoms. The molecule has 1 aliphatic rings. The number of primary amides is 1. The largest absolute Gasteiger partial charge is 0.484 e. The van der Waals surface area contributed by atoms with E-state index in [-0.39, 0.29) is 12.5 Å². The van der Waals surface area contributed by atoms with Crippen LogP contribution in [0.4, 0.5) is 0 Å². The molecule has 114 valence electrons. The normalized spacial score (nSPS) is 18.3. The van der Waals surface area contributed by atoms with Crippen molar-refractivity contribution in [2.24, 2.45) is 5.73 Å². The van der Waals surface area contributed by atoms with Gasteiger partial charge in [-0.25, -0.2) is 0 Å². The first-order valence-corrected chi connectivity index (χ1v) is 7.44. The van der Waals surface area contributed by atoms with E-state index in [4.69, 9.17) is 10.5 Å². The minimum absolute atomic E-state index is 0.0283. The molecule has 0 aliphatic carbocycles. The molecule has 1 atom stereocenters. The monoisotopic (exact) mass is 290 g/mol. The van der Waals surface area contributed by atoms with Gasteiger partial charge in [-0.3, -0.25) is 9.59 Å². The van der Waals surface area contributed by atoms with Gasteiger partial charge in [0.2, 0.25) is 5.91 Å². The van der Waals surface area contributed by atoms with E-state index in [0.29, 0.717) is 17.4 Å². The molecule has 0 bridgehead atoms. The number of ether oxygens (including phenoxy) is 1. The maximum absolute atomic E-state index is 12.2. The molecule has 0 radical (unpaired) electrons. The van der Waals surface area contributed by atoms with Crippen LogP contribution in [-0.4, -0.2) is 35.9 Å². The zero-order valence-corrected chi connectivity index (χ0v) is 12.4. The summed E-state index contributed by atoms with van der Waals surface area (Å²) in [5.74, 6) is 0.121. The Balaban J connectivity index is 1.89. The van der Waals surface area contributed by atoms with Crippen LogP contribution in [0, 0.1) is 0 Å². The Morgan fingerprint density at radius 3 is 2.62 bits per heavy atom. The Bertz CT molecular complexity index is 499. The number of hydrogen-bond acceptors (Lipinski definition) is 3. The quantitative estimate of drug-likeness (QED) is 0.901. The average Bonchev–Trinajstić information content (AvgIpc) is 2.52. The van der Waals surface area contributed by atoms with Gasteiger partial charge in [0, 0.05) is 18.2 Å². The third-order valence-corrected chi connectivity index (χ3v) is 3.92. The van der Waals surface area contributed by atoms with Gasteiger partial charge in [0.15, 0.2) is 6.61 Å². The van der Waals surface area contributed by atoms with Gasteiger partial charge in [-0.1, -0.05) is 6.92 Å². The average molecular weight is 290 g/mol. The molecule has 1 heterocycles. The predicted octanol–water partition coefficient (Wildman–Crippen LogP) is 1.96. The van der Waals surface area contributed by atoms with Crippen molar-refractivity contribution in [1.29, 1.82) is 0 Å². The highest BCUT2D eigenvalue weighted by atomic mass is 16.5. The van der Waals surface area contributed by atoms with Gasteiger partial charge in [-0.05, 0) is 49.9 Å². The van der Waals surface area contributed by atoms with Crippen molar-refractivity contribution >= 4 is 11.8 Å². The summed E-state index contributed by atoms with van der Waals surface area (Å²) >= 11 is 0. The van der Waals surface area contributed by atoms with Gasteiger partial charge >= 0.3 is 0 Å². The van der Waals surface area contributed by atoms with Crippen molar-refractivity contribution in [2.45, 2.75) is 38.6 Å². The van der Waals surface area contributed by atoms with Gasteiger partial charge in [-0.2, -0.15) is 0 Å². The molecular formula is C16H22N2O3. The number of rotatable bonds is 5. The van der Waals surface area contributed by atoms with Crippen molar-refractivity contribution in [3.05, 3.63) is 29.8 Å². The highest BCUT2D eigenvalue weighted by Crippen LogP contribution is 2.20. The number of carbonyl (C=O) groups excluding carboxylic acids is 2. The fraction of sp³-hybridized carbons (Fsp3) is 0.500. The zero-order chi connectivity index (χ0) is 15.2. The number of piperidine rings is 1. The first kappa shape index (κ1) is 15.4. The molecule has 0 saturated carbocycles. The molecule has 5 nitrogen and oxygen atoms in total. The lowest BCUT2D eigenvalue weighted by Gasteiger charge is -2.35. The fourth-order valence-electron chi connectivity index (χ4n) is 2.70. The molecule has 1 aliphatic heterocycles. The Morgan fingerprint density at radius 2 is 2.00 bits per heavy atom. The number of benzene rings is 1. The first-order chi connectivity index (χ1) is 10.1. The van der Waals surface area contributed by atoms with E-state index in [1.807, 2.05) is 4.90 Å². The van der Waals surface area contributed by atoms with E-state index in [2.05, 4.69) is 6.92 Å². The number of nitrogens with zero attached hydrogens (tertiary/aromatic N) is 1. The highest BCUT2D eigenvalue weighted by molar-refractivity contribution is 5.92. The molecule has 0 spiro atoms. The van der Waals surface area contributed by atoms with Gasteiger partial charge in [-0.15, -0.1) is 0 Å². The van der Waals surface area contributed by atoms with Crippen LogP contribution in [-0.2, 0) is 4.79 Å². The van der Waals surface area contributed by atoms with Crippen LogP contribution in [0.1, 0.15) is 43.0 Å². The Kier molecular flexibility index (Phi) is 5.20. The van der Waals surface area contributed by atoms with Crippen LogP contribution in [0.5, 0.6) is 5.75 Å². The van der Waals surface area contributed by atoms with E-state index in [1.165, 1.54) is 6.42 Å². The van der Waals surface area contributed by atoms with Gasteiger partial charge in [0.25, 0.3) is 5.91 Å². The van der Waals surface area contributed by atoms with Crippen LogP contribution < -0.4 is 10.5 Å². The molecule has 1 saturated heterocycles. The van der Waals surface area contributed by atoms with Crippen molar-refractivity contribution in [3.8, 4) is 5.75 Å². The lowest BCUT2D eigenvalue weighted by molar-refractivity contribution is -0.137. The molecule has 1 aromatic rings. The second kappa shape index (κ2) is 7.11. The Hall–Kier alpha value is -2.04. The summed E-state index contributed by atoms with van der Waals surface area (Å²) in [6.07, 6.45) is 4.32. The number of hydrogen-bond donors (Lipinski definition) is 1. The van der Waals surface area contributed by atoms with E-state index in [9.17, 15) is 9.59 Å². The number of carbonyl (C=O) groups is 2. The first-order valence-electron chi connectivity index (χ1n) is 7.44. The molecule has 2 amide bonds. The van der Waals surface area contributed by atoms with Crippen LogP contribution in [0.15, 0.2) is 24.3 Å². The summed E-state index contributed by atoms with van der Waals surface area (Å²) in [6.45, 7) is 2.97. The molecule has 1 fully saturated rings. The molecule has 2 rings (SSSR count). The summed E-state index contributed by atoms with van der Waals surface area (Å²) in [4.78, 5) is 25.1. The van der Waals surface area contributed by atoms with Gasteiger partial charge in [0.1, 0.15) is 5.75 Å². The van der Waals surface area contributed by atoms with Crippen molar-refractivity contribution in [1.82, 2.24) is 4.90 Å². The summed E-state index contributed by atoms with van der Waals surface area (Å²) in [6, 6.07) is 6.84. The summed E-state index contributed by atoms with van der Waals surface area (Å²) in [5.41, 5.74) is 5.60. The zero-order valence-electron chi connectivity index (χ0n) is 12.4. The summed E-state index contributed by atoms with van der Waals surface area (Å²) < 4.78 is 5.51. The van der Waals surface area contributed by atoms with Crippen molar-refractivity contribution < 1.29 is 14.3 Å². The summed E-state index contributed by atoms with van der Waals surface area (Å²) in [7, 11) is 0. The fourth-order valence-corrected chi connectivity index (χ4v) is 2.70. The number of likely N-dealkylation sites (tertiary alicyclic amines) is 1. The van der Waals surface area contributed by atoms with Crippen LogP contribution in [0.2, 0.25) is 0 Å². The highest BCUT2D eigenvalue weighted by Gasteiger charge is 2.25. The number of nitrogens with two attached hydrogens (primary N) is 1. The topological polar surface area (TPSA) is 72.6 Å². The minimum atomic E-state index is -0.475. The van der Waals surface area contributed by atoms with E-state index < -0.39 is 5.91 Å². The Morgan fingerprint density at radius 1 is 1.29 bits per heavy atom. The standard InChI is InChI=1S/C16H22N2O3/c1-2-13-5-3-4-10-18(13)15(19)11-21-14-8-6-12(7-9-14)16(17)20/h6-9,13H,2-5,10-11H2,1H3,(H2,17,20)/t13-/m1/s1. The Labute approximate surface area is 125 Å². The van der Waals surface area contributed by atoms with Crippen LogP contribution in [0.25, 0.3) is 0 Å². The van der Waals surface area contributed by atoms with E-state index >= 15 is 0 Å². The molecule has 0 unspecified atom stereocenters. The molecule has 0 aromatic heterocycles. The minimum Gasteiger partial charge on any atom is -0.484 e. The molecular weight excluding hydrogens is 268 g/mol. The molecule has 2 N–H and O–H groups in total. The molecule has 5 heteroatoms. The predicted molar refractivity (Wildman–Crippen MR) is 80.1 cm³/mol. The van der Waals surface area contributed by atoms with Crippen LogP contribution in [0.3, 0.4) is 0 Å².